The first-order valence-corrected chi connectivity index (χ1v) is 11.2. The minimum atomic E-state index is -4.10. The molecule has 0 atom stereocenters. The molecule has 1 aliphatic heterocycles. The number of nitrogens with zero attached hydrogens (tertiary/aromatic N) is 2. The highest BCUT2D eigenvalue weighted by molar-refractivity contribution is 7.89. The van der Waals surface area contributed by atoms with Crippen LogP contribution in [0.4, 0.5) is 5.69 Å². The van der Waals surface area contributed by atoms with Gasteiger partial charge >= 0.3 is 5.97 Å². The summed E-state index contributed by atoms with van der Waals surface area (Å²) in [6.45, 7) is 0.682. The Morgan fingerprint density at radius 1 is 1.09 bits per heavy atom. The molecule has 0 aliphatic carbocycles. The van der Waals surface area contributed by atoms with E-state index in [9.17, 15) is 23.3 Å². The summed E-state index contributed by atoms with van der Waals surface area (Å²) in [6, 6.07) is 8.10. The quantitative estimate of drug-likeness (QED) is 0.243. The smallest absolute Gasteiger partial charge is 0.330 e. The third kappa shape index (κ3) is 5.66. The predicted octanol–water partition coefficient (Wildman–Crippen LogP) is 2.60. The van der Waals surface area contributed by atoms with E-state index in [1.54, 1.807) is 12.1 Å². The van der Waals surface area contributed by atoms with Crippen molar-refractivity contribution in [1.29, 1.82) is 0 Å². The third-order valence-electron chi connectivity index (χ3n) is 4.75. The van der Waals surface area contributed by atoms with Crippen LogP contribution in [0.1, 0.15) is 5.56 Å². The van der Waals surface area contributed by atoms with Crippen molar-refractivity contribution in [3.05, 3.63) is 58.2 Å². The van der Waals surface area contributed by atoms with Crippen molar-refractivity contribution in [3.8, 4) is 17.2 Å². The molecule has 2 aromatic rings. The Hall–Kier alpha value is -3.48. The number of hydrogen-bond donors (Lipinski definition) is 0. The lowest BCUT2D eigenvalue weighted by atomic mass is 10.2. The van der Waals surface area contributed by atoms with Crippen LogP contribution < -0.4 is 9.47 Å². The molecule has 1 heterocycles. The number of hydrogen-bond acceptors (Lipinski definition) is 9. The number of carbonyl (C=O) groups excluding carboxylic acids is 1. The fourth-order valence-electron chi connectivity index (χ4n) is 3.05. The molecule has 3 rings (SSSR count). The second-order valence-corrected chi connectivity index (χ2v) is 8.68. The number of nitro groups is 1. The molecule has 0 amide bonds. The maximum absolute atomic E-state index is 13.2. The Labute approximate surface area is 190 Å². The molecule has 0 bridgehead atoms. The summed E-state index contributed by atoms with van der Waals surface area (Å²) in [5, 5.41) is 11.3. The summed E-state index contributed by atoms with van der Waals surface area (Å²) >= 11 is 0. The largest absolute Gasteiger partial charge is 0.493 e. The van der Waals surface area contributed by atoms with Crippen LogP contribution in [-0.2, 0) is 24.3 Å². The zero-order valence-electron chi connectivity index (χ0n) is 17.9. The molecule has 0 unspecified atom stereocenters. The Bertz CT molecular complexity index is 1170. The second-order valence-electron chi connectivity index (χ2n) is 6.77. The van der Waals surface area contributed by atoms with Crippen molar-refractivity contribution in [3.63, 3.8) is 0 Å². The summed E-state index contributed by atoms with van der Waals surface area (Å²) in [5.41, 5.74) is 0.221. The Morgan fingerprint density at radius 3 is 2.42 bits per heavy atom. The molecule has 1 aliphatic rings. The number of methoxy groups -OCH3 is 2. The van der Waals surface area contributed by atoms with E-state index in [4.69, 9.17) is 14.2 Å². The average Bonchev–Trinajstić information content (AvgIpc) is 2.83. The molecule has 0 N–H and O–H groups in total. The van der Waals surface area contributed by atoms with Gasteiger partial charge in [0.05, 0.1) is 32.4 Å². The minimum Gasteiger partial charge on any atom is -0.493 e. The van der Waals surface area contributed by atoms with Crippen molar-refractivity contribution >= 4 is 27.8 Å². The van der Waals surface area contributed by atoms with Crippen molar-refractivity contribution in [2.24, 2.45) is 0 Å². The fraction of sp³-hybridized carbons (Fsp3) is 0.286. The van der Waals surface area contributed by atoms with Crippen molar-refractivity contribution in [2.75, 3.05) is 40.5 Å². The molecule has 2 aromatic carbocycles. The Kier molecular flexibility index (Phi) is 7.63. The normalized spacial score (nSPS) is 14.7. The molecule has 33 heavy (non-hydrogen) atoms. The first-order valence-electron chi connectivity index (χ1n) is 9.74. The molecule has 1 fully saturated rings. The van der Waals surface area contributed by atoms with Gasteiger partial charge in [-0.3, -0.25) is 10.1 Å². The highest BCUT2D eigenvalue weighted by Gasteiger charge is 2.31. The van der Waals surface area contributed by atoms with Crippen LogP contribution in [0, 0.1) is 10.1 Å². The predicted molar refractivity (Wildman–Crippen MR) is 117 cm³/mol. The van der Waals surface area contributed by atoms with Gasteiger partial charge in [0, 0.05) is 31.3 Å². The average molecular weight is 478 g/mol. The number of ether oxygens (including phenoxy) is 4. The van der Waals surface area contributed by atoms with E-state index < -0.39 is 20.9 Å². The van der Waals surface area contributed by atoms with Crippen LogP contribution in [0.15, 0.2) is 47.4 Å². The lowest BCUT2D eigenvalue weighted by molar-refractivity contribution is -0.385. The molecular formula is C21H22N2O9S. The Balaban J connectivity index is 2.00. The van der Waals surface area contributed by atoms with E-state index in [2.05, 4.69) is 4.74 Å². The van der Waals surface area contributed by atoms with Crippen molar-refractivity contribution < 1.29 is 37.1 Å². The number of sulfonamides is 1. The van der Waals surface area contributed by atoms with Gasteiger partial charge in [0.25, 0.3) is 5.69 Å². The van der Waals surface area contributed by atoms with Crippen LogP contribution in [0.5, 0.6) is 17.2 Å². The van der Waals surface area contributed by atoms with Crippen molar-refractivity contribution in [1.82, 2.24) is 4.31 Å². The van der Waals surface area contributed by atoms with Gasteiger partial charge < -0.3 is 18.9 Å². The number of carbonyl (C=O) groups is 1. The molecule has 12 heteroatoms. The van der Waals surface area contributed by atoms with Crippen molar-refractivity contribution in [2.45, 2.75) is 4.90 Å². The first kappa shape index (κ1) is 24.2. The highest BCUT2D eigenvalue weighted by Crippen LogP contribution is 2.38. The molecule has 0 radical (unpaired) electrons. The van der Waals surface area contributed by atoms with Gasteiger partial charge in [-0.2, -0.15) is 4.31 Å². The molecule has 0 saturated carbocycles. The number of non-ortho nitro benzene ring substituents is 1. The number of nitro benzene ring substituents is 1. The number of benzene rings is 2. The van der Waals surface area contributed by atoms with E-state index in [-0.39, 0.29) is 54.1 Å². The molecule has 0 spiro atoms. The molecule has 11 nitrogen and oxygen atoms in total. The standard InChI is InChI=1S/C21H22N2O9S/c1-29-19-13-15(4-8-21(24)30-2)3-6-17(19)32-18-7-5-16(23(25)26)14-20(18)33(27,28)22-9-11-31-12-10-22/h3-8,13-14H,9-12H2,1-2H3/b8-4+. The van der Waals surface area contributed by atoms with Crippen LogP contribution in [-0.4, -0.2) is 64.1 Å². The number of esters is 1. The molecule has 176 valence electrons. The topological polar surface area (TPSA) is 135 Å². The Morgan fingerprint density at radius 2 is 1.79 bits per heavy atom. The van der Waals surface area contributed by atoms with Crippen LogP contribution in [0.2, 0.25) is 0 Å². The highest BCUT2D eigenvalue weighted by atomic mass is 32.2. The maximum Gasteiger partial charge on any atom is 0.330 e. The lowest BCUT2D eigenvalue weighted by Crippen LogP contribution is -2.40. The van der Waals surface area contributed by atoms with E-state index in [0.717, 1.165) is 12.1 Å². The number of morpholine rings is 1. The van der Waals surface area contributed by atoms with E-state index in [0.29, 0.717) is 5.56 Å². The fourth-order valence-corrected chi connectivity index (χ4v) is 4.59. The van der Waals surface area contributed by atoms with Crippen LogP contribution in [0.3, 0.4) is 0 Å². The van der Waals surface area contributed by atoms with Gasteiger partial charge in [0.1, 0.15) is 10.6 Å². The second kappa shape index (κ2) is 10.4. The summed E-state index contributed by atoms with van der Waals surface area (Å²) in [5.74, 6) is -0.184. The number of rotatable bonds is 8. The summed E-state index contributed by atoms with van der Waals surface area (Å²) < 4.78 is 48.6. The van der Waals surface area contributed by atoms with Crippen LogP contribution in [0.25, 0.3) is 6.08 Å². The molecule has 0 aromatic heterocycles. The van der Waals surface area contributed by atoms with Gasteiger partial charge in [-0.15, -0.1) is 0 Å². The minimum absolute atomic E-state index is 0.0942. The lowest BCUT2D eigenvalue weighted by Gasteiger charge is -2.26. The zero-order chi connectivity index (χ0) is 24.0. The van der Waals surface area contributed by atoms with Gasteiger partial charge in [-0.05, 0) is 29.8 Å². The first-order chi connectivity index (χ1) is 15.8. The van der Waals surface area contributed by atoms with Gasteiger partial charge in [-0.25, -0.2) is 13.2 Å². The summed E-state index contributed by atoms with van der Waals surface area (Å²) in [7, 11) is -1.44. The van der Waals surface area contributed by atoms with E-state index in [1.807, 2.05) is 0 Å². The zero-order valence-corrected chi connectivity index (χ0v) is 18.7. The van der Waals surface area contributed by atoms with E-state index >= 15 is 0 Å². The monoisotopic (exact) mass is 478 g/mol. The van der Waals surface area contributed by atoms with Crippen LogP contribution >= 0.6 is 0 Å². The summed E-state index contributed by atoms with van der Waals surface area (Å²) in [6.07, 6.45) is 2.75. The SMILES string of the molecule is COC(=O)/C=C/c1ccc(Oc2ccc([N+](=O)[O-])cc2S(=O)(=O)N2CCOCC2)c(OC)c1. The third-order valence-corrected chi connectivity index (χ3v) is 6.67. The van der Waals surface area contributed by atoms with Gasteiger partial charge in [-0.1, -0.05) is 6.07 Å². The maximum atomic E-state index is 13.2. The van der Waals surface area contributed by atoms with Gasteiger partial charge in [0.2, 0.25) is 10.0 Å². The molecule has 1 saturated heterocycles. The summed E-state index contributed by atoms with van der Waals surface area (Å²) in [4.78, 5) is 21.6. The van der Waals surface area contributed by atoms with Gasteiger partial charge in [0.15, 0.2) is 11.5 Å². The molecular weight excluding hydrogens is 456 g/mol. The van der Waals surface area contributed by atoms with E-state index in [1.165, 1.54) is 42.8 Å².